The highest BCUT2D eigenvalue weighted by molar-refractivity contribution is 5.94. The van der Waals surface area contributed by atoms with Crippen LogP contribution in [0.15, 0.2) is 24.3 Å². The number of anilines is 1. The number of nitrogens with zero attached hydrogens (tertiary/aromatic N) is 1. The molecule has 7 heteroatoms. The van der Waals surface area contributed by atoms with Gasteiger partial charge < -0.3 is 11.1 Å². The van der Waals surface area contributed by atoms with Crippen molar-refractivity contribution >= 4 is 23.2 Å². The van der Waals surface area contributed by atoms with Crippen LogP contribution in [0.1, 0.15) is 12.8 Å². The maximum atomic E-state index is 11.4. The minimum Gasteiger partial charge on any atom is -0.370 e. The molecule has 0 aliphatic carbocycles. The lowest BCUT2D eigenvalue weighted by Crippen LogP contribution is -2.17. The van der Waals surface area contributed by atoms with Crippen LogP contribution in [-0.2, 0) is 9.59 Å². The highest BCUT2D eigenvalue weighted by atomic mass is 16.6. The van der Waals surface area contributed by atoms with E-state index in [1.165, 1.54) is 18.2 Å². The Labute approximate surface area is 96.8 Å². The molecule has 0 heterocycles. The Morgan fingerprint density at radius 1 is 1.29 bits per heavy atom. The van der Waals surface area contributed by atoms with Gasteiger partial charge >= 0.3 is 0 Å². The van der Waals surface area contributed by atoms with Gasteiger partial charge in [-0.1, -0.05) is 12.1 Å². The summed E-state index contributed by atoms with van der Waals surface area (Å²) in [7, 11) is 0. The summed E-state index contributed by atoms with van der Waals surface area (Å²) in [5, 5.41) is 13.0. The normalized spacial score (nSPS) is 9.65. The van der Waals surface area contributed by atoms with Crippen LogP contribution in [0, 0.1) is 10.1 Å². The first-order valence-corrected chi connectivity index (χ1v) is 4.82. The van der Waals surface area contributed by atoms with Gasteiger partial charge in [-0.05, 0) is 6.07 Å². The highest BCUT2D eigenvalue weighted by Gasteiger charge is 2.14. The number of nitrogens with two attached hydrogens (primary N) is 1. The standard InChI is InChI=1S/C10H11N3O4/c11-9(14)5-6-10(15)12-7-3-1-2-4-8(7)13(16)17/h1-4H,5-6H2,(H2,11,14)(H,12,15). The van der Waals surface area contributed by atoms with Crippen molar-refractivity contribution in [2.24, 2.45) is 5.73 Å². The number of benzene rings is 1. The summed E-state index contributed by atoms with van der Waals surface area (Å²) in [6.07, 6.45) is -0.187. The number of nitro groups is 1. The molecule has 90 valence electrons. The first-order chi connectivity index (χ1) is 8.00. The van der Waals surface area contributed by atoms with Crippen LogP contribution >= 0.6 is 0 Å². The van der Waals surface area contributed by atoms with Crippen molar-refractivity contribution < 1.29 is 14.5 Å². The van der Waals surface area contributed by atoms with Gasteiger partial charge in [0.1, 0.15) is 5.69 Å². The molecule has 0 aromatic heterocycles. The fourth-order valence-electron chi connectivity index (χ4n) is 1.19. The second-order valence-electron chi connectivity index (χ2n) is 3.29. The number of rotatable bonds is 5. The van der Waals surface area contributed by atoms with E-state index in [2.05, 4.69) is 5.32 Å². The molecule has 0 fully saturated rings. The van der Waals surface area contributed by atoms with Gasteiger partial charge in [-0.25, -0.2) is 0 Å². The van der Waals surface area contributed by atoms with Gasteiger partial charge in [0.05, 0.1) is 4.92 Å². The van der Waals surface area contributed by atoms with E-state index in [0.29, 0.717) is 0 Å². The SMILES string of the molecule is NC(=O)CCC(=O)Nc1ccccc1[N+](=O)[O-]. The Morgan fingerprint density at radius 3 is 2.53 bits per heavy atom. The molecule has 1 rings (SSSR count). The molecule has 17 heavy (non-hydrogen) atoms. The van der Waals surface area contributed by atoms with Gasteiger partial charge in [-0.2, -0.15) is 0 Å². The van der Waals surface area contributed by atoms with Crippen molar-refractivity contribution in [3.63, 3.8) is 0 Å². The van der Waals surface area contributed by atoms with Crippen LogP contribution in [0.2, 0.25) is 0 Å². The predicted octanol–water partition coefficient (Wildman–Crippen LogP) is 0.799. The molecule has 2 amide bonds. The molecule has 0 spiro atoms. The molecule has 0 unspecified atom stereocenters. The Morgan fingerprint density at radius 2 is 1.94 bits per heavy atom. The van der Waals surface area contributed by atoms with E-state index < -0.39 is 16.7 Å². The molecule has 0 aliphatic heterocycles. The van der Waals surface area contributed by atoms with Gasteiger partial charge in [-0.3, -0.25) is 19.7 Å². The first kappa shape index (κ1) is 12.6. The molecular weight excluding hydrogens is 226 g/mol. The number of nitro benzene ring substituents is 1. The molecular formula is C10H11N3O4. The van der Waals surface area contributed by atoms with Crippen molar-refractivity contribution in [2.45, 2.75) is 12.8 Å². The molecule has 0 radical (unpaired) electrons. The number of carbonyl (C=O) groups excluding carboxylic acids is 2. The van der Waals surface area contributed by atoms with Crippen LogP contribution < -0.4 is 11.1 Å². The quantitative estimate of drug-likeness (QED) is 0.581. The number of nitrogens with one attached hydrogen (secondary N) is 1. The van der Waals surface area contributed by atoms with Gasteiger partial charge in [0, 0.05) is 18.9 Å². The van der Waals surface area contributed by atoms with E-state index in [4.69, 9.17) is 5.73 Å². The topological polar surface area (TPSA) is 115 Å². The zero-order valence-electron chi connectivity index (χ0n) is 8.88. The summed E-state index contributed by atoms with van der Waals surface area (Å²) in [5.41, 5.74) is 4.79. The second kappa shape index (κ2) is 5.59. The second-order valence-corrected chi connectivity index (χ2v) is 3.29. The predicted molar refractivity (Wildman–Crippen MR) is 60.2 cm³/mol. The molecule has 0 saturated carbocycles. The van der Waals surface area contributed by atoms with Crippen molar-refractivity contribution in [2.75, 3.05) is 5.32 Å². The lowest BCUT2D eigenvalue weighted by atomic mass is 10.2. The van der Waals surface area contributed by atoms with E-state index in [9.17, 15) is 19.7 Å². The number of primary amides is 1. The molecule has 0 atom stereocenters. The Kier molecular flexibility index (Phi) is 4.15. The molecule has 0 aliphatic rings. The van der Waals surface area contributed by atoms with Crippen molar-refractivity contribution in [3.8, 4) is 0 Å². The Bertz CT molecular complexity index is 459. The first-order valence-electron chi connectivity index (χ1n) is 4.82. The van der Waals surface area contributed by atoms with Crippen molar-refractivity contribution in [1.29, 1.82) is 0 Å². The number of hydrogen-bond acceptors (Lipinski definition) is 4. The largest absolute Gasteiger partial charge is 0.370 e. The third kappa shape index (κ3) is 3.90. The molecule has 7 nitrogen and oxygen atoms in total. The fraction of sp³-hybridized carbons (Fsp3) is 0.200. The molecule has 1 aromatic carbocycles. The average Bonchev–Trinajstić information content (AvgIpc) is 2.27. The van der Waals surface area contributed by atoms with E-state index >= 15 is 0 Å². The maximum Gasteiger partial charge on any atom is 0.292 e. The summed E-state index contributed by atoms with van der Waals surface area (Å²) < 4.78 is 0. The van der Waals surface area contributed by atoms with Crippen molar-refractivity contribution in [3.05, 3.63) is 34.4 Å². The van der Waals surface area contributed by atoms with Crippen molar-refractivity contribution in [1.82, 2.24) is 0 Å². The minimum atomic E-state index is -0.595. The van der Waals surface area contributed by atoms with Gasteiger partial charge in [-0.15, -0.1) is 0 Å². The van der Waals surface area contributed by atoms with Gasteiger partial charge in [0.2, 0.25) is 11.8 Å². The number of amides is 2. The van der Waals surface area contributed by atoms with Crippen LogP contribution in [0.3, 0.4) is 0 Å². The Hall–Kier alpha value is -2.44. The van der Waals surface area contributed by atoms with Gasteiger partial charge in [0.25, 0.3) is 5.69 Å². The molecule has 0 bridgehead atoms. The number of para-hydroxylation sites is 2. The summed E-state index contributed by atoms with van der Waals surface area (Å²) >= 11 is 0. The summed E-state index contributed by atoms with van der Waals surface area (Å²) in [4.78, 5) is 31.9. The smallest absolute Gasteiger partial charge is 0.292 e. The van der Waals surface area contributed by atoms with E-state index in [1.807, 2.05) is 0 Å². The third-order valence-corrected chi connectivity index (χ3v) is 1.97. The monoisotopic (exact) mass is 237 g/mol. The Balaban J connectivity index is 2.71. The van der Waals surface area contributed by atoms with E-state index in [1.54, 1.807) is 6.07 Å². The summed E-state index contributed by atoms with van der Waals surface area (Å²) in [6, 6.07) is 5.76. The lowest BCUT2D eigenvalue weighted by molar-refractivity contribution is -0.383. The zero-order chi connectivity index (χ0) is 12.8. The zero-order valence-corrected chi connectivity index (χ0v) is 8.88. The summed E-state index contributed by atoms with van der Waals surface area (Å²) in [6.45, 7) is 0. The number of carbonyl (C=O) groups is 2. The lowest BCUT2D eigenvalue weighted by Gasteiger charge is -2.04. The third-order valence-electron chi connectivity index (χ3n) is 1.97. The highest BCUT2D eigenvalue weighted by Crippen LogP contribution is 2.23. The summed E-state index contributed by atoms with van der Waals surface area (Å²) in [5.74, 6) is -1.08. The average molecular weight is 237 g/mol. The van der Waals surface area contributed by atoms with Crippen LogP contribution in [0.5, 0.6) is 0 Å². The van der Waals surface area contributed by atoms with E-state index in [-0.39, 0.29) is 24.2 Å². The van der Waals surface area contributed by atoms with Crippen LogP contribution in [0.25, 0.3) is 0 Å². The fourth-order valence-corrected chi connectivity index (χ4v) is 1.19. The molecule has 1 aromatic rings. The van der Waals surface area contributed by atoms with E-state index in [0.717, 1.165) is 0 Å². The molecule has 0 saturated heterocycles. The number of hydrogen-bond donors (Lipinski definition) is 2. The minimum absolute atomic E-state index is 0.0908. The maximum absolute atomic E-state index is 11.4. The van der Waals surface area contributed by atoms with Crippen LogP contribution in [0.4, 0.5) is 11.4 Å². The van der Waals surface area contributed by atoms with Gasteiger partial charge in [0.15, 0.2) is 0 Å². The van der Waals surface area contributed by atoms with Crippen LogP contribution in [-0.4, -0.2) is 16.7 Å². The molecule has 3 N–H and O–H groups in total.